The number of carbonyl (C=O) groups excluding carboxylic acids is 1. The molecule has 108 valence electrons. The summed E-state index contributed by atoms with van der Waals surface area (Å²) >= 11 is 0. The van der Waals surface area contributed by atoms with Crippen LogP contribution in [0.25, 0.3) is 0 Å². The highest BCUT2D eigenvalue weighted by molar-refractivity contribution is 5.86. The summed E-state index contributed by atoms with van der Waals surface area (Å²) in [5.74, 6) is 0.708. The Morgan fingerprint density at radius 1 is 1.32 bits per heavy atom. The summed E-state index contributed by atoms with van der Waals surface area (Å²) in [5, 5.41) is 3.14. The normalized spacial score (nSPS) is 39.2. The van der Waals surface area contributed by atoms with Gasteiger partial charge in [0, 0.05) is 26.2 Å². The van der Waals surface area contributed by atoms with Crippen LogP contribution >= 0.6 is 0 Å². The van der Waals surface area contributed by atoms with Crippen LogP contribution < -0.4 is 5.32 Å². The molecule has 0 aromatic heterocycles. The van der Waals surface area contributed by atoms with Crippen LogP contribution in [-0.4, -0.2) is 50.6 Å². The molecule has 0 radical (unpaired) electrons. The highest BCUT2D eigenvalue weighted by Gasteiger charge is 2.44. The first kappa shape index (κ1) is 13.3. The molecule has 3 fully saturated rings. The van der Waals surface area contributed by atoms with E-state index in [9.17, 15) is 4.79 Å². The lowest BCUT2D eigenvalue weighted by atomic mass is 9.97. The molecule has 2 saturated heterocycles. The number of nitrogens with one attached hydrogen (secondary N) is 1. The van der Waals surface area contributed by atoms with Gasteiger partial charge in [-0.2, -0.15) is 0 Å². The van der Waals surface area contributed by atoms with Crippen molar-refractivity contribution < 1.29 is 19.0 Å². The highest BCUT2D eigenvalue weighted by atomic mass is 16.6. The van der Waals surface area contributed by atoms with Crippen LogP contribution in [-0.2, 0) is 19.0 Å². The smallest absolute Gasteiger partial charge is 0.254 e. The number of hydrogen-bond acceptors (Lipinski definition) is 4. The Kier molecular flexibility index (Phi) is 3.78. The average molecular weight is 269 g/mol. The van der Waals surface area contributed by atoms with E-state index in [1.807, 2.05) is 0 Å². The molecule has 5 heteroatoms. The summed E-state index contributed by atoms with van der Waals surface area (Å²) in [7, 11) is 1.59. The van der Waals surface area contributed by atoms with E-state index >= 15 is 0 Å². The molecule has 1 amide bonds. The molecule has 2 aliphatic heterocycles. The molecule has 3 aliphatic rings. The maximum absolute atomic E-state index is 12.4. The molecule has 3 atom stereocenters. The molecular weight excluding hydrogens is 246 g/mol. The minimum absolute atomic E-state index is 0.0195. The molecule has 1 saturated carbocycles. The van der Waals surface area contributed by atoms with Gasteiger partial charge in [0.05, 0.1) is 19.3 Å². The molecule has 19 heavy (non-hydrogen) atoms. The van der Waals surface area contributed by atoms with Crippen LogP contribution in [0.5, 0.6) is 0 Å². The highest BCUT2D eigenvalue weighted by Crippen LogP contribution is 2.38. The Balaban J connectivity index is 1.56. The first-order valence-corrected chi connectivity index (χ1v) is 7.29. The second-order valence-corrected chi connectivity index (χ2v) is 5.94. The van der Waals surface area contributed by atoms with E-state index in [4.69, 9.17) is 14.2 Å². The lowest BCUT2D eigenvalue weighted by Gasteiger charge is -2.33. The van der Waals surface area contributed by atoms with E-state index in [-0.39, 0.29) is 11.9 Å². The van der Waals surface area contributed by atoms with Crippen molar-refractivity contribution in [3.05, 3.63) is 0 Å². The Bertz CT molecular complexity index is 336. The summed E-state index contributed by atoms with van der Waals surface area (Å²) < 4.78 is 16.5. The second kappa shape index (κ2) is 5.38. The van der Waals surface area contributed by atoms with Crippen LogP contribution in [0.1, 0.15) is 32.1 Å². The fourth-order valence-electron chi connectivity index (χ4n) is 3.05. The van der Waals surface area contributed by atoms with Crippen molar-refractivity contribution in [1.29, 1.82) is 0 Å². The zero-order valence-corrected chi connectivity index (χ0v) is 11.5. The Morgan fingerprint density at radius 2 is 2.16 bits per heavy atom. The molecule has 2 heterocycles. The molecular formula is C14H23NO4. The van der Waals surface area contributed by atoms with Gasteiger partial charge >= 0.3 is 0 Å². The molecule has 3 rings (SSSR count). The van der Waals surface area contributed by atoms with Crippen LogP contribution in [0.4, 0.5) is 0 Å². The van der Waals surface area contributed by atoms with E-state index in [2.05, 4.69) is 5.32 Å². The van der Waals surface area contributed by atoms with Gasteiger partial charge in [0.1, 0.15) is 0 Å². The lowest BCUT2D eigenvalue weighted by Crippen LogP contribution is -2.53. The van der Waals surface area contributed by atoms with Crippen LogP contribution in [0.3, 0.4) is 0 Å². The van der Waals surface area contributed by atoms with Gasteiger partial charge < -0.3 is 19.5 Å². The monoisotopic (exact) mass is 269 g/mol. The van der Waals surface area contributed by atoms with Gasteiger partial charge in [-0.3, -0.25) is 4.79 Å². The Morgan fingerprint density at radius 3 is 2.79 bits per heavy atom. The predicted molar refractivity (Wildman–Crippen MR) is 68.8 cm³/mol. The third-order valence-corrected chi connectivity index (χ3v) is 4.59. The summed E-state index contributed by atoms with van der Waals surface area (Å²) in [6.07, 6.45) is 5.39. The van der Waals surface area contributed by atoms with E-state index in [1.165, 1.54) is 12.8 Å². The van der Waals surface area contributed by atoms with Crippen molar-refractivity contribution in [2.75, 3.05) is 26.9 Å². The minimum atomic E-state index is -0.770. The number of amides is 1. The Hall–Kier alpha value is -0.650. The van der Waals surface area contributed by atoms with Gasteiger partial charge in [0.15, 0.2) is 5.60 Å². The molecule has 0 aromatic rings. The Labute approximate surface area is 114 Å². The molecule has 1 N–H and O–H groups in total. The topological polar surface area (TPSA) is 56.8 Å². The third-order valence-electron chi connectivity index (χ3n) is 4.59. The summed E-state index contributed by atoms with van der Waals surface area (Å²) in [6.45, 7) is 1.72. The fraction of sp³-hybridized carbons (Fsp3) is 0.929. The van der Waals surface area contributed by atoms with Gasteiger partial charge in [0.2, 0.25) is 0 Å². The van der Waals surface area contributed by atoms with Gasteiger partial charge in [-0.1, -0.05) is 0 Å². The van der Waals surface area contributed by atoms with Crippen LogP contribution in [0.15, 0.2) is 0 Å². The molecule has 5 nitrogen and oxygen atoms in total. The molecule has 0 spiro atoms. The second-order valence-electron chi connectivity index (χ2n) is 5.94. The molecule has 0 bridgehead atoms. The van der Waals surface area contributed by atoms with Crippen molar-refractivity contribution in [3.8, 4) is 0 Å². The standard InChI is InChI=1S/C14H23NO4/c1-17-14(5-7-18-9-14)13(16)15-11-4-6-19-12(8-11)10-2-3-10/h10-12H,2-9H2,1H3,(H,15,16). The van der Waals surface area contributed by atoms with Crippen molar-refractivity contribution in [3.63, 3.8) is 0 Å². The number of ether oxygens (including phenoxy) is 3. The first-order valence-electron chi connectivity index (χ1n) is 7.29. The van der Waals surface area contributed by atoms with Gasteiger partial charge in [-0.15, -0.1) is 0 Å². The van der Waals surface area contributed by atoms with Gasteiger partial charge in [0.25, 0.3) is 5.91 Å². The largest absolute Gasteiger partial charge is 0.378 e. The molecule has 3 unspecified atom stereocenters. The van der Waals surface area contributed by atoms with Gasteiger partial charge in [-0.25, -0.2) is 0 Å². The summed E-state index contributed by atoms with van der Waals surface area (Å²) in [6, 6.07) is 0.222. The first-order chi connectivity index (χ1) is 9.23. The number of hydrogen-bond donors (Lipinski definition) is 1. The number of methoxy groups -OCH3 is 1. The number of carbonyl (C=O) groups is 1. The van der Waals surface area contributed by atoms with Crippen LogP contribution in [0.2, 0.25) is 0 Å². The zero-order chi connectivity index (χ0) is 13.3. The zero-order valence-electron chi connectivity index (χ0n) is 11.5. The average Bonchev–Trinajstić information content (AvgIpc) is 3.17. The van der Waals surface area contributed by atoms with E-state index < -0.39 is 5.60 Å². The predicted octanol–water partition coefficient (Wildman–Crippen LogP) is 0.866. The lowest BCUT2D eigenvalue weighted by molar-refractivity contribution is -0.145. The van der Waals surface area contributed by atoms with Gasteiger partial charge in [-0.05, 0) is 31.6 Å². The maximum atomic E-state index is 12.4. The molecule has 1 aliphatic carbocycles. The summed E-state index contributed by atoms with van der Waals surface area (Å²) in [5.41, 5.74) is -0.770. The fourth-order valence-corrected chi connectivity index (χ4v) is 3.05. The quantitative estimate of drug-likeness (QED) is 0.822. The molecule has 0 aromatic carbocycles. The van der Waals surface area contributed by atoms with Crippen molar-refractivity contribution in [1.82, 2.24) is 5.32 Å². The van der Waals surface area contributed by atoms with Crippen molar-refractivity contribution >= 4 is 5.91 Å². The summed E-state index contributed by atoms with van der Waals surface area (Å²) in [4.78, 5) is 12.4. The van der Waals surface area contributed by atoms with Crippen LogP contribution in [0, 0.1) is 5.92 Å². The minimum Gasteiger partial charge on any atom is -0.378 e. The van der Waals surface area contributed by atoms with Crippen molar-refractivity contribution in [2.45, 2.75) is 49.9 Å². The van der Waals surface area contributed by atoms with E-state index in [0.29, 0.717) is 25.7 Å². The third kappa shape index (κ3) is 2.78. The van der Waals surface area contributed by atoms with E-state index in [1.54, 1.807) is 7.11 Å². The van der Waals surface area contributed by atoms with E-state index in [0.717, 1.165) is 25.4 Å². The number of rotatable bonds is 4. The van der Waals surface area contributed by atoms with Crippen molar-refractivity contribution in [2.24, 2.45) is 5.92 Å². The maximum Gasteiger partial charge on any atom is 0.254 e. The SMILES string of the molecule is COC1(C(=O)NC2CCOC(C3CC3)C2)CCOC1.